The molecule has 0 aromatic carbocycles. The monoisotopic (exact) mass is 1250 g/mol. The molecular formula is C59H76O29. The van der Waals surface area contributed by atoms with E-state index in [2.05, 4.69) is 74.5 Å². The minimum atomic E-state index is -0.968. The molecular weight excluding hydrogens is 1170 g/mol. The van der Waals surface area contributed by atoms with Crippen molar-refractivity contribution in [3.05, 3.63) is 86.1 Å². The van der Waals surface area contributed by atoms with Gasteiger partial charge < -0.3 is 71.1 Å². The van der Waals surface area contributed by atoms with Crippen LogP contribution in [0.15, 0.2) is 86.1 Å². The minimum absolute atomic E-state index is 0.0681. The number of ether oxygens (including phenoxy) is 15. The summed E-state index contributed by atoms with van der Waals surface area (Å²) < 4.78 is 71.3. The molecule has 0 aromatic rings. The number of rotatable bonds is 15. The quantitative estimate of drug-likeness (QED) is 0.129. The molecule has 29 nitrogen and oxygen atoms in total. The Morgan fingerprint density at radius 3 is 1.20 bits per heavy atom. The molecule has 0 amide bonds. The Morgan fingerprint density at radius 2 is 0.841 bits per heavy atom. The van der Waals surface area contributed by atoms with Gasteiger partial charge in [-0.15, -0.1) is 0 Å². The second kappa shape index (κ2) is 37.3. The normalized spacial score (nSPS) is 24.5. The fourth-order valence-corrected chi connectivity index (χ4v) is 6.51. The second-order valence-corrected chi connectivity index (χ2v) is 20.5. The SMILES string of the molecule is C=C(C)C(=O)OC1C(=O)OCC1(C)C.C=C(C)C(=O)OC1C(=O)OCC1C.C=C(C)C(=O)OC1C(=O)OCC1OC.C=C(C)C(=O)OC1CCOC1=O.C=C(C)C(=O)OC1COC(=O)C1.C=CC(=O)OC1C(=O)OCC1C.C=CC(=O)OC1CCOC1=O. The largest absolute Gasteiger partial charge is 0.463 e. The number of carbonyl (C=O) groups excluding carboxylic acids is 14. The lowest BCUT2D eigenvalue weighted by molar-refractivity contribution is -0.160. The maximum atomic E-state index is 11.2. The van der Waals surface area contributed by atoms with E-state index >= 15 is 0 Å². The molecule has 7 saturated heterocycles. The average molecular weight is 1250 g/mol. The van der Waals surface area contributed by atoms with Gasteiger partial charge in [0.05, 0.1) is 32.8 Å². The van der Waals surface area contributed by atoms with E-state index in [1.165, 1.54) is 34.8 Å². The van der Waals surface area contributed by atoms with Crippen molar-refractivity contribution >= 4 is 83.6 Å². The number of methoxy groups -OCH3 is 1. The van der Waals surface area contributed by atoms with Crippen LogP contribution in [0.4, 0.5) is 0 Å². The third kappa shape index (κ3) is 26.5. The summed E-state index contributed by atoms with van der Waals surface area (Å²) in [7, 11) is 1.42. The van der Waals surface area contributed by atoms with Crippen molar-refractivity contribution in [2.45, 2.75) is 130 Å². The summed E-state index contributed by atoms with van der Waals surface area (Å²) in [5, 5.41) is 0. The van der Waals surface area contributed by atoms with Crippen LogP contribution in [0.2, 0.25) is 0 Å². The standard InChI is InChI=1S/C10H14O4.C9H12O5.C9H12O4.3C8H10O4.C7H8O4/c1-6(2)8(11)14-7-9(12)13-5-10(7,3)4;1-5(2)8(10)14-7-6(12-3)4-13-9(7)11;1-5(2)8(10)13-7-6(3)4-12-9(7)11;1-5(2)8(10)12-6-3-7(9)11-4-6;1-5(2)7(9)12-6-3-4-11-8(6)10;1-3-6(9)12-7-5(2)4-11-8(7)10;1-2-6(8)11-5-3-4-10-7(5)9/h7H,1,5H2,2-4H3;6-7H,1,4H2,2-3H3;6-7H,1,4H2,2-3H3;2*6H,1,3-4H2,2H3;3,5,7H,1,4H2,2H3;2,5H,1,3-4H2. The summed E-state index contributed by atoms with van der Waals surface area (Å²) in [6.45, 7) is 40.2. The van der Waals surface area contributed by atoms with E-state index in [0.717, 1.165) is 12.2 Å². The maximum absolute atomic E-state index is 11.2. The molecule has 0 aromatic heterocycles. The van der Waals surface area contributed by atoms with E-state index < -0.39 is 132 Å². The van der Waals surface area contributed by atoms with Crippen molar-refractivity contribution in [2.24, 2.45) is 17.3 Å². The molecule has 0 spiro atoms. The van der Waals surface area contributed by atoms with Crippen molar-refractivity contribution < 1.29 is 138 Å². The molecule has 7 fully saturated rings. The zero-order valence-electron chi connectivity index (χ0n) is 50.8. The molecule has 0 N–H and O–H groups in total. The molecule has 0 aliphatic carbocycles. The van der Waals surface area contributed by atoms with Gasteiger partial charge in [0.15, 0.2) is 0 Å². The Morgan fingerprint density at radius 1 is 0.455 bits per heavy atom. The average Bonchev–Trinajstić information content (AvgIpc) is 4.57. The predicted molar refractivity (Wildman–Crippen MR) is 297 cm³/mol. The zero-order chi connectivity index (χ0) is 67.3. The third-order valence-corrected chi connectivity index (χ3v) is 11.6. The summed E-state index contributed by atoms with van der Waals surface area (Å²) in [5.74, 6) is -7.32. The van der Waals surface area contributed by atoms with Gasteiger partial charge in [0.2, 0.25) is 36.6 Å². The van der Waals surface area contributed by atoms with E-state index in [1.807, 2.05) is 13.8 Å². The van der Waals surface area contributed by atoms with Crippen molar-refractivity contribution in [3.63, 3.8) is 0 Å². The van der Waals surface area contributed by atoms with Crippen molar-refractivity contribution in [1.82, 2.24) is 0 Å². The molecule has 0 saturated carbocycles. The predicted octanol–water partition coefficient (Wildman–Crippen LogP) is 2.92. The highest BCUT2D eigenvalue weighted by Gasteiger charge is 2.47. The van der Waals surface area contributed by atoms with Crippen molar-refractivity contribution in [3.8, 4) is 0 Å². The van der Waals surface area contributed by atoms with E-state index in [4.69, 9.17) is 42.6 Å². The Hall–Kier alpha value is -9.28. The van der Waals surface area contributed by atoms with Gasteiger partial charge in [0, 0.05) is 77.2 Å². The first-order valence-corrected chi connectivity index (χ1v) is 26.7. The van der Waals surface area contributed by atoms with Crippen LogP contribution in [0.3, 0.4) is 0 Å². The lowest BCUT2D eigenvalue weighted by atomic mass is 9.90. The van der Waals surface area contributed by atoms with Gasteiger partial charge in [-0.25, -0.2) is 62.3 Å². The third-order valence-electron chi connectivity index (χ3n) is 11.6. The van der Waals surface area contributed by atoms with Crippen LogP contribution in [-0.2, 0) is 138 Å². The molecule has 7 rings (SSSR count). The van der Waals surface area contributed by atoms with E-state index in [1.54, 1.807) is 20.8 Å². The highest BCUT2D eigenvalue weighted by molar-refractivity contribution is 5.93. The van der Waals surface area contributed by atoms with Gasteiger partial charge in [-0.05, 0) is 34.6 Å². The van der Waals surface area contributed by atoms with Crippen LogP contribution in [0, 0.1) is 17.3 Å². The zero-order valence-corrected chi connectivity index (χ0v) is 50.8. The topological polar surface area (TPSA) is 377 Å². The molecule has 29 heteroatoms. The number of hydrogen-bond donors (Lipinski definition) is 0. The van der Waals surface area contributed by atoms with Crippen LogP contribution < -0.4 is 0 Å². The van der Waals surface area contributed by atoms with Gasteiger partial charge in [-0.2, -0.15) is 0 Å². The lowest BCUT2D eigenvalue weighted by Gasteiger charge is -2.21. The van der Waals surface area contributed by atoms with Gasteiger partial charge in [-0.3, -0.25) is 4.79 Å². The number of carbonyl (C=O) groups is 14. The van der Waals surface area contributed by atoms with Crippen LogP contribution in [0.25, 0.3) is 0 Å². The van der Waals surface area contributed by atoms with Gasteiger partial charge in [0.25, 0.3) is 0 Å². The number of hydrogen-bond acceptors (Lipinski definition) is 29. The van der Waals surface area contributed by atoms with Crippen molar-refractivity contribution in [1.29, 1.82) is 0 Å². The number of esters is 14. The van der Waals surface area contributed by atoms with Gasteiger partial charge in [-0.1, -0.05) is 73.7 Å². The minimum Gasteiger partial charge on any atom is -0.463 e. The summed E-state index contributed by atoms with van der Waals surface area (Å²) in [4.78, 5) is 153. The van der Waals surface area contributed by atoms with Crippen LogP contribution in [0.5, 0.6) is 0 Å². The van der Waals surface area contributed by atoms with E-state index in [0.29, 0.717) is 44.8 Å². The van der Waals surface area contributed by atoms with Crippen LogP contribution in [0.1, 0.15) is 81.6 Å². The van der Waals surface area contributed by atoms with Gasteiger partial charge in [0.1, 0.15) is 32.0 Å². The molecule has 10 atom stereocenters. The van der Waals surface area contributed by atoms with Gasteiger partial charge >= 0.3 is 83.6 Å². The molecule has 7 aliphatic rings. The molecule has 88 heavy (non-hydrogen) atoms. The Bertz CT molecular complexity index is 2710. The molecule has 0 bridgehead atoms. The van der Waals surface area contributed by atoms with Crippen molar-refractivity contribution in [2.75, 3.05) is 53.4 Å². The fourth-order valence-electron chi connectivity index (χ4n) is 6.51. The molecule has 486 valence electrons. The maximum Gasteiger partial charge on any atom is 0.350 e. The van der Waals surface area contributed by atoms with E-state index in [9.17, 15) is 67.1 Å². The smallest absolute Gasteiger partial charge is 0.350 e. The second-order valence-electron chi connectivity index (χ2n) is 20.5. The Balaban J connectivity index is 0.000000514. The van der Waals surface area contributed by atoms with E-state index in [-0.39, 0.29) is 66.3 Å². The highest BCUT2D eigenvalue weighted by Crippen LogP contribution is 2.31. The lowest BCUT2D eigenvalue weighted by Crippen LogP contribution is -2.35. The molecule has 10 unspecified atom stereocenters. The first-order valence-electron chi connectivity index (χ1n) is 26.7. The summed E-state index contributed by atoms with van der Waals surface area (Å²) in [6, 6.07) is 0. The Kier molecular flexibility index (Phi) is 32.5. The summed E-state index contributed by atoms with van der Waals surface area (Å²) >= 11 is 0. The first-order chi connectivity index (χ1) is 41.0. The van der Waals surface area contributed by atoms with Crippen LogP contribution in [-0.4, -0.2) is 186 Å². The highest BCUT2D eigenvalue weighted by atomic mass is 16.7. The first kappa shape index (κ1) is 76.7. The van der Waals surface area contributed by atoms with Crippen LogP contribution >= 0.6 is 0 Å². The summed E-state index contributed by atoms with van der Waals surface area (Å²) in [6.07, 6.45) is -2.61. The molecule has 7 heterocycles. The summed E-state index contributed by atoms with van der Waals surface area (Å²) in [5.41, 5.74) is 0.957. The number of cyclic esters (lactones) is 7. The molecule has 0 radical (unpaired) electrons. The fraction of sp³-hybridized carbons (Fsp3) is 0.525. The molecule has 7 aliphatic heterocycles. The Labute approximate surface area is 507 Å².